The summed E-state index contributed by atoms with van der Waals surface area (Å²) < 4.78 is 24.4. The minimum atomic E-state index is -3.55. The minimum absolute atomic E-state index is 0.165. The Labute approximate surface area is 168 Å². The van der Waals surface area contributed by atoms with E-state index in [0.29, 0.717) is 10.7 Å². The van der Waals surface area contributed by atoms with E-state index < -0.39 is 21.5 Å². The van der Waals surface area contributed by atoms with E-state index in [1.54, 1.807) is 24.3 Å². The van der Waals surface area contributed by atoms with Crippen LogP contribution in [0.15, 0.2) is 60.7 Å². The molecule has 0 saturated heterocycles. The van der Waals surface area contributed by atoms with E-state index in [1.165, 1.54) is 16.9 Å². The highest BCUT2D eigenvalue weighted by Gasteiger charge is 2.18. The molecule has 0 aliphatic heterocycles. The van der Waals surface area contributed by atoms with E-state index in [1.807, 2.05) is 24.3 Å². The SMILES string of the molecule is O=C(CS(=O)(=O)Cc1ccccc1)Nc1nnc(CCCc2ccccc2)s1. The van der Waals surface area contributed by atoms with Crippen LogP contribution in [0.5, 0.6) is 0 Å². The van der Waals surface area contributed by atoms with Crippen LogP contribution in [-0.2, 0) is 33.2 Å². The van der Waals surface area contributed by atoms with Crippen LogP contribution in [0.4, 0.5) is 5.13 Å². The number of aromatic nitrogens is 2. The van der Waals surface area contributed by atoms with Gasteiger partial charge in [0.2, 0.25) is 11.0 Å². The van der Waals surface area contributed by atoms with Gasteiger partial charge in [-0.3, -0.25) is 10.1 Å². The molecule has 1 N–H and O–H groups in total. The van der Waals surface area contributed by atoms with Crippen LogP contribution in [0.1, 0.15) is 22.6 Å². The molecular weight excluding hydrogens is 394 g/mol. The number of hydrogen-bond donors (Lipinski definition) is 1. The number of sulfone groups is 1. The van der Waals surface area contributed by atoms with E-state index in [2.05, 4.69) is 27.6 Å². The van der Waals surface area contributed by atoms with E-state index in [9.17, 15) is 13.2 Å². The molecule has 3 aromatic rings. The number of anilines is 1. The van der Waals surface area contributed by atoms with Crippen molar-refractivity contribution in [3.05, 3.63) is 76.8 Å². The number of hydrogen-bond acceptors (Lipinski definition) is 6. The van der Waals surface area contributed by atoms with Crippen molar-refractivity contribution in [2.45, 2.75) is 25.0 Å². The summed E-state index contributed by atoms with van der Waals surface area (Å²) in [5, 5.41) is 11.7. The molecule has 1 heterocycles. The van der Waals surface area contributed by atoms with E-state index in [-0.39, 0.29) is 5.75 Å². The van der Waals surface area contributed by atoms with Crippen LogP contribution in [-0.4, -0.2) is 30.3 Å². The van der Waals surface area contributed by atoms with Crippen molar-refractivity contribution in [1.82, 2.24) is 10.2 Å². The monoisotopic (exact) mass is 415 g/mol. The zero-order valence-corrected chi connectivity index (χ0v) is 16.9. The van der Waals surface area contributed by atoms with Crippen molar-refractivity contribution in [2.75, 3.05) is 11.1 Å². The van der Waals surface area contributed by atoms with E-state index in [4.69, 9.17) is 0 Å². The maximum atomic E-state index is 12.2. The van der Waals surface area contributed by atoms with Gasteiger partial charge < -0.3 is 0 Å². The van der Waals surface area contributed by atoms with Gasteiger partial charge in [0.15, 0.2) is 9.84 Å². The molecule has 0 bridgehead atoms. The fraction of sp³-hybridized carbons (Fsp3) is 0.250. The Hall–Kier alpha value is -2.58. The molecule has 1 aromatic heterocycles. The van der Waals surface area contributed by atoms with Crippen LogP contribution < -0.4 is 5.32 Å². The van der Waals surface area contributed by atoms with Gasteiger partial charge in [0.05, 0.1) is 5.75 Å². The summed E-state index contributed by atoms with van der Waals surface area (Å²) in [5.74, 6) is -1.34. The van der Waals surface area contributed by atoms with Gasteiger partial charge >= 0.3 is 0 Å². The molecule has 0 spiro atoms. The molecule has 0 aliphatic carbocycles. The van der Waals surface area contributed by atoms with Gasteiger partial charge in [-0.25, -0.2) is 8.42 Å². The van der Waals surface area contributed by atoms with Crippen molar-refractivity contribution < 1.29 is 13.2 Å². The Morgan fingerprint density at radius 3 is 2.21 bits per heavy atom. The first-order valence-corrected chi connectivity index (χ1v) is 11.5. The summed E-state index contributed by atoms with van der Waals surface area (Å²) in [6.45, 7) is 0. The summed E-state index contributed by atoms with van der Waals surface area (Å²) >= 11 is 1.28. The summed E-state index contributed by atoms with van der Waals surface area (Å²) in [5.41, 5.74) is 1.93. The topological polar surface area (TPSA) is 89.0 Å². The Balaban J connectivity index is 1.46. The summed E-state index contributed by atoms with van der Waals surface area (Å²) in [6.07, 6.45) is 2.63. The number of rotatable bonds is 9. The first-order chi connectivity index (χ1) is 13.5. The number of aryl methyl sites for hydroxylation is 2. The maximum absolute atomic E-state index is 12.2. The molecule has 8 heteroatoms. The van der Waals surface area contributed by atoms with Crippen molar-refractivity contribution >= 4 is 32.2 Å². The van der Waals surface area contributed by atoms with Crippen molar-refractivity contribution in [1.29, 1.82) is 0 Å². The molecule has 2 aromatic carbocycles. The fourth-order valence-corrected chi connectivity index (χ4v) is 4.80. The largest absolute Gasteiger partial charge is 0.300 e. The quantitative estimate of drug-likeness (QED) is 0.579. The molecule has 146 valence electrons. The Kier molecular flexibility index (Phi) is 6.89. The molecule has 0 unspecified atom stereocenters. The van der Waals surface area contributed by atoms with Crippen LogP contribution >= 0.6 is 11.3 Å². The van der Waals surface area contributed by atoms with Gasteiger partial charge in [-0.05, 0) is 24.0 Å². The van der Waals surface area contributed by atoms with Crippen molar-refractivity contribution in [3.8, 4) is 0 Å². The lowest BCUT2D eigenvalue weighted by Crippen LogP contribution is -2.23. The molecule has 28 heavy (non-hydrogen) atoms. The zero-order chi connectivity index (χ0) is 19.8. The average Bonchev–Trinajstić information content (AvgIpc) is 3.09. The fourth-order valence-electron chi connectivity index (χ4n) is 2.73. The first-order valence-electron chi connectivity index (χ1n) is 8.91. The zero-order valence-electron chi connectivity index (χ0n) is 15.2. The standard InChI is InChI=1S/C20H21N3O3S2/c24-18(15-28(25,26)14-17-10-5-2-6-11-17)21-20-23-22-19(27-20)13-7-12-16-8-3-1-4-9-16/h1-6,8-11H,7,12-15H2,(H,21,23,24). The van der Waals surface area contributed by atoms with E-state index in [0.717, 1.165) is 24.3 Å². The lowest BCUT2D eigenvalue weighted by atomic mass is 10.1. The number of benzene rings is 2. The highest BCUT2D eigenvalue weighted by atomic mass is 32.2. The predicted octanol–water partition coefficient (Wildman–Crippen LogP) is 3.27. The predicted molar refractivity (Wildman–Crippen MR) is 111 cm³/mol. The third-order valence-electron chi connectivity index (χ3n) is 3.99. The number of amides is 1. The van der Waals surface area contributed by atoms with Gasteiger partial charge in [-0.15, -0.1) is 10.2 Å². The summed E-state index contributed by atoms with van der Waals surface area (Å²) in [7, 11) is -3.55. The summed E-state index contributed by atoms with van der Waals surface area (Å²) in [6, 6.07) is 19.0. The second kappa shape index (κ2) is 9.57. The normalized spacial score (nSPS) is 11.3. The van der Waals surface area contributed by atoms with E-state index >= 15 is 0 Å². The lowest BCUT2D eigenvalue weighted by Gasteiger charge is -2.04. The first kappa shape index (κ1) is 20.2. The molecule has 0 radical (unpaired) electrons. The lowest BCUT2D eigenvalue weighted by molar-refractivity contribution is -0.113. The van der Waals surface area contributed by atoms with Crippen LogP contribution in [0.3, 0.4) is 0 Å². The summed E-state index contributed by atoms with van der Waals surface area (Å²) in [4.78, 5) is 12.1. The van der Waals surface area contributed by atoms with Gasteiger partial charge in [0.25, 0.3) is 0 Å². The van der Waals surface area contributed by atoms with Crippen molar-refractivity contribution in [2.24, 2.45) is 0 Å². The molecule has 0 fully saturated rings. The second-order valence-electron chi connectivity index (χ2n) is 6.41. The van der Waals surface area contributed by atoms with Gasteiger partial charge in [-0.2, -0.15) is 0 Å². The third kappa shape index (κ3) is 6.54. The molecule has 6 nitrogen and oxygen atoms in total. The smallest absolute Gasteiger partial charge is 0.241 e. The Morgan fingerprint density at radius 1 is 0.893 bits per heavy atom. The average molecular weight is 416 g/mol. The van der Waals surface area contributed by atoms with Crippen LogP contribution in [0.25, 0.3) is 0 Å². The van der Waals surface area contributed by atoms with Crippen molar-refractivity contribution in [3.63, 3.8) is 0 Å². The minimum Gasteiger partial charge on any atom is -0.300 e. The van der Waals surface area contributed by atoms with Gasteiger partial charge in [0, 0.05) is 6.42 Å². The van der Waals surface area contributed by atoms with Gasteiger partial charge in [0.1, 0.15) is 10.8 Å². The second-order valence-corrected chi connectivity index (χ2v) is 9.53. The molecule has 0 saturated carbocycles. The molecular formula is C20H21N3O3S2. The molecule has 0 atom stereocenters. The number of nitrogens with zero attached hydrogens (tertiary/aromatic N) is 2. The molecule has 0 aliphatic rings. The Bertz CT molecular complexity index is 1000. The van der Waals surface area contributed by atoms with Crippen LogP contribution in [0, 0.1) is 0 Å². The highest BCUT2D eigenvalue weighted by Crippen LogP contribution is 2.18. The molecule has 1 amide bonds. The maximum Gasteiger partial charge on any atom is 0.241 e. The molecule has 3 rings (SSSR count). The van der Waals surface area contributed by atoms with Crippen LogP contribution in [0.2, 0.25) is 0 Å². The number of carbonyl (C=O) groups excluding carboxylic acids is 1. The van der Waals surface area contributed by atoms with Gasteiger partial charge in [-0.1, -0.05) is 72.0 Å². The number of carbonyl (C=O) groups is 1. The third-order valence-corrected chi connectivity index (χ3v) is 6.37. The highest BCUT2D eigenvalue weighted by molar-refractivity contribution is 7.91. The number of nitrogens with one attached hydrogen (secondary N) is 1. The Morgan fingerprint density at radius 2 is 1.54 bits per heavy atom.